The van der Waals surface area contributed by atoms with Crippen LogP contribution in [-0.2, 0) is 4.74 Å². The summed E-state index contributed by atoms with van der Waals surface area (Å²) in [5.74, 6) is -0.502. The van der Waals surface area contributed by atoms with Gasteiger partial charge in [0.05, 0.1) is 17.2 Å². The molecule has 1 aromatic heterocycles. The van der Waals surface area contributed by atoms with E-state index in [9.17, 15) is 9.18 Å². The third-order valence-electron chi connectivity index (χ3n) is 3.35. The smallest absolute Gasteiger partial charge is 0.344 e. The Bertz CT molecular complexity index is 674. The highest BCUT2D eigenvalue weighted by Crippen LogP contribution is 2.45. The van der Waals surface area contributed by atoms with Gasteiger partial charge in [0, 0.05) is 5.92 Å². The number of esters is 1. The van der Waals surface area contributed by atoms with Crippen molar-refractivity contribution in [2.75, 3.05) is 6.61 Å². The van der Waals surface area contributed by atoms with E-state index in [1.807, 2.05) is 0 Å². The van der Waals surface area contributed by atoms with Gasteiger partial charge in [-0.25, -0.2) is 9.18 Å². The fraction of sp³-hybridized carbons (Fsp3) is 0.333. The standard InChI is InChI=1S/C15H13ClFNO3/c1-2-20-15(19)12-13(18-21-14(12)8-6-7-8)11-9(16)4-3-5-10(11)17/h3-5,8H,2,6-7H2,1H3. The Morgan fingerprint density at radius 2 is 2.29 bits per heavy atom. The van der Waals surface area contributed by atoms with E-state index in [0.717, 1.165) is 12.8 Å². The minimum atomic E-state index is -0.560. The van der Waals surface area contributed by atoms with Crippen LogP contribution in [0.2, 0.25) is 5.02 Å². The lowest BCUT2D eigenvalue weighted by atomic mass is 10.0. The summed E-state index contributed by atoms with van der Waals surface area (Å²) in [4.78, 5) is 12.2. The fourth-order valence-electron chi connectivity index (χ4n) is 2.22. The maximum atomic E-state index is 14.1. The van der Waals surface area contributed by atoms with Crippen molar-refractivity contribution >= 4 is 17.6 Å². The SMILES string of the molecule is CCOC(=O)c1c(-c2c(F)cccc2Cl)noc1C1CC1. The molecular weight excluding hydrogens is 297 g/mol. The van der Waals surface area contributed by atoms with E-state index in [-0.39, 0.29) is 34.4 Å². The quantitative estimate of drug-likeness (QED) is 0.795. The van der Waals surface area contributed by atoms with Crippen molar-refractivity contribution in [2.24, 2.45) is 0 Å². The van der Waals surface area contributed by atoms with Gasteiger partial charge in [-0.1, -0.05) is 22.8 Å². The molecule has 2 aromatic rings. The highest BCUT2D eigenvalue weighted by atomic mass is 35.5. The molecule has 1 fully saturated rings. The van der Waals surface area contributed by atoms with E-state index in [4.69, 9.17) is 20.9 Å². The first-order valence-corrected chi connectivity index (χ1v) is 7.12. The summed E-state index contributed by atoms with van der Waals surface area (Å²) < 4.78 is 24.4. The molecule has 1 aliphatic rings. The van der Waals surface area contributed by atoms with E-state index in [1.54, 1.807) is 13.0 Å². The van der Waals surface area contributed by atoms with Crippen LogP contribution < -0.4 is 0 Å². The zero-order chi connectivity index (χ0) is 15.0. The van der Waals surface area contributed by atoms with Crippen molar-refractivity contribution < 1.29 is 18.4 Å². The molecule has 1 aromatic carbocycles. The fourth-order valence-corrected chi connectivity index (χ4v) is 2.47. The lowest BCUT2D eigenvalue weighted by Gasteiger charge is -2.06. The average molecular weight is 310 g/mol. The number of carbonyl (C=O) groups is 1. The maximum Gasteiger partial charge on any atom is 0.344 e. The number of ether oxygens (including phenoxy) is 1. The summed E-state index contributed by atoms with van der Waals surface area (Å²) >= 11 is 6.05. The number of hydrogen-bond acceptors (Lipinski definition) is 4. The minimum absolute atomic E-state index is 0.0675. The Morgan fingerprint density at radius 3 is 2.90 bits per heavy atom. The summed E-state index contributed by atoms with van der Waals surface area (Å²) in [5, 5.41) is 4.05. The van der Waals surface area contributed by atoms with E-state index >= 15 is 0 Å². The predicted octanol–water partition coefficient (Wildman–Crippen LogP) is 4.19. The van der Waals surface area contributed by atoms with Crippen molar-refractivity contribution in [1.29, 1.82) is 0 Å². The number of hydrogen-bond donors (Lipinski definition) is 0. The molecule has 0 bridgehead atoms. The van der Waals surface area contributed by atoms with Crippen LogP contribution in [0, 0.1) is 5.82 Å². The van der Waals surface area contributed by atoms with Gasteiger partial charge in [0.2, 0.25) is 0 Å². The van der Waals surface area contributed by atoms with E-state index in [0.29, 0.717) is 5.76 Å². The third-order valence-corrected chi connectivity index (χ3v) is 3.66. The monoisotopic (exact) mass is 309 g/mol. The molecule has 110 valence electrons. The zero-order valence-corrected chi connectivity index (χ0v) is 12.1. The molecule has 0 radical (unpaired) electrons. The Labute approximate surface area is 125 Å². The molecule has 0 saturated heterocycles. The van der Waals surface area contributed by atoms with Crippen LogP contribution in [-0.4, -0.2) is 17.7 Å². The van der Waals surface area contributed by atoms with Gasteiger partial charge < -0.3 is 9.26 Å². The summed E-state index contributed by atoms with van der Waals surface area (Å²) in [6.07, 6.45) is 1.85. The Kier molecular flexibility index (Phi) is 3.68. The number of benzene rings is 1. The summed E-state index contributed by atoms with van der Waals surface area (Å²) in [5.41, 5.74) is 0.364. The van der Waals surface area contributed by atoms with Crippen LogP contribution in [0.3, 0.4) is 0 Å². The second-order valence-corrected chi connectivity index (χ2v) is 5.27. The summed E-state index contributed by atoms with van der Waals surface area (Å²) in [6.45, 7) is 1.93. The zero-order valence-electron chi connectivity index (χ0n) is 11.4. The van der Waals surface area contributed by atoms with Crippen molar-refractivity contribution in [3.63, 3.8) is 0 Å². The molecule has 1 heterocycles. The molecule has 0 amide bonds. The molecule has 4 nitrogen and oxygen atoms in total. The average Bonchev–Trinajstić information content (AvgIpc) is 3.19. The molecule has 0 unspecified atom stereocenters. The number of halogens is 2. The molecular formula is C15H13ClFNO3. The topological polar surface area (TPSA) is 52.3 Å². The molecule has 3 rings (SSSR count). The van der Waals surface area contributed by atoms with Crippen LogP contribution in [0.1, 0.15) is 41.8 Å². The lowest BCUT2D eigenvalue weighted by Crippen LogP contribution is -2.08. The van der Waals surface area contributed by atoms with E-state index < -0.39 is 11.8 Å². The van der Waals surface area contributed by atoms with Gasteiger partial charge in [-0.15, -0.1) is 0 Å². The lowest BCUT2D eigenvalue weighted by molar-refractivity contribution is 0.0524. The first kappa shape index (κ1) is 14.1. The molecule has 0 N–H and O–H groups in total. The van der Waals surface area contributed by atoms with E-state index in [2.05, 4.69) is 5.16 Å². The van der Waals surface area contributed by atoms with Crippen molar-refractivity contribution in [3.05, 3.63) is 40.4 Å². The highest BCUT2D eigenvalue weighted by molar-refractivity contribution is 6.33. The van der Waals surface area contributed by atoms with Crippen LogP contribution in [0.4, 0.5) is 4.39 Å². The molecule has 0 spiro atoms. The second kappa shape index (κ2) is 5.48. The van der Waals surface area contributed by atoms with Crippen LogP contribution in [0.15, 0.2) is 22.7 Å². The Balaban J connectivity index is 2.16. The molecule has 0 atom stereocenters. The number of nitrogens with zero attached hydrogens (tertiary/aromatic N) is 1. The molecule has 1 aliphatic carbocycles. The van der Waals surface area contributed by atoms with Crippen molar-refractivity contribution in [3.8, 4) is 11.3 Å². The predicted molar refractivity (Wildman–Crippen MR) is 74.8 cm³/mol. The molecule has 21 heavy (non-hydrogen) atoms. The first-order valence-electron chi connectivity index (χ1n) is 6.74. The van der Waals surface area contributed by atoms with Gasteiger partial charge in [0.25, 0.3) is 0 Å². The summed E-state index contributed by atoms with van der Waals surface area (Å²) in [7, 11) is 0. The van der Waals surface area contributed by atoms with Crippen molar-refractivity contribution in [2.45, 2.75) is 25.7 Å². The summed E-state index contributed by atoms with van der Waals surface area (Å²) in [6, 6.07) is 4.30. The van der Waals surface area contributed by atoms with Crippen LogP contribution in [0.25, 0.3) is 11.3 Å². The Hall–Kier alpha value is -1.88. The van der Waals surface area contributed by atoms with Gasteiger partial charge in [0.15, 0.2) is 5.76 Å². The van der Waals surface area contributed by atoms with E-state index in [1.165, 1.54) is 12.1 Å². The van der Waals surface area contributed by atoms with Gasteiger partial charge >= 0.3 is 5.97 Å². The number of aromatic nitrogens is 1. The first-order chi connectivity index (χ1) is 10.1. The Morgan fingerprint density at radius 1 is 1.52 bits per heavy atom. The molecule has 1 saturated carbocycles. The number of carbonyl (C=O) groups excluding carboxylic acids is 1. The number of rotatable bonds is 4. The third kappa shape index (κ3) is 2.53. The minimum Gasteiger partial charge on any atom is -0.462 e. The molecule has 0 aliphatic heterocycles. The maximum absolute atomic E-state index is 14.1. The largest absolute Gasteiger partial charge is 0.462 e. The van der Waals surface area contributed by atoms with Gasteiger partial charge in [-0.3, -0.25) is 0 Å². The van der Waals surface area contributed by atoms with Crippen molar-refractivity contribution in [1.82, 2.24) is 5.16 Å². The van der Waals surface area contributed by atoms with Gasteiger partial charge in [-0.05, 0) is 31.9 Å². The van der Waals surface area contributed by atoms with Crippen LogP contribution in [0.5, 0.6) is 0 Å². The van der Waals surface area contributed by atoms with Crippen LogP contribution >= 0.6 is 11.6 Å². The molecule has 6 heteroatoms. The highest BCUT2D eigenvalue weighted by Gasteiger charge is 2.37. The normalized spacial score (nSPS) is 14.2. The van der Waals surface area contributed by atoms with Gasteiger partial charge in [-0.2, -0.15) is 0 Å². The second-order valence-electron chi connectivity index (χ2n) is 4.86. The van der Waals surface area contributed by atoms with Gasteiger partial charge in [0.1, 0.15) is 17.1 Å².